The molecule has 2 aliphatic rings. The van der Waals surface area contributed by atoms with Crippen molar-refractivity contribution in [3.63, 3.8) is 0 Å². The van der Waals surface area contributed by atoms with Crippen LogP contribution >= 0.6 is 0 Å². The second-order valence-electron chi connectivity index (χ2n) is 8.81. The number of aryl methyl sites for hydroxylation is 1. The molecule has 8 heteroatoms. The molecule has 2 aliphatic heterocycles. The standard InChI is InChI=1S/C25H31N5O3/c1-18-13-20(3-6-26-18)25-30(10-12-33-25)24-14-21-16-29(9-11-32-2)27-22(21)15-23(24)28-7-4-19(17-31)5-8-28/h3,6,10,12-16,19,25,31H,4-5,7-9,11,17H2,1-2H3. The molecule has 0 bridgehead atoms. The van der Waals surface area contributed by atoms with Gasteiger partial charge in [-0.05, 0) is 49.9 Å². The Kier molecular flexibility index (Phi) is 6.20. The zero-order valence-corrected chi connectivity index (χ0v) is 19.2. The van der Waals surface area contributed by atoms with E-state index in [9.17, 15) is 5.11 Å². The number of methoxy groups -OCH3 is 1. The fourth-order valence-corrected chi connectivity index (χ4v) is 4.70. The zero-order valence-electron chi connectivity index (χ0n) is 19.2. The van der Waals surface area contributed by atoms with Crippen LogP contribution in [0.25, 0.3) is 10.9 Å². The summed E-state index contributed by atoms with van der Waals surface area (Å²) in [5.74, 6) is 0.379. The van der Waals surface area contributed by atoms with Crippen LogP contribution in [0.15, 0.2) is 49.1 Å². The van der Waals surface area contributed by atoms with Crippen molar-refractivity contribution in [2.75, 3.05) is 43.2 Å². The average molecular weight is 450 g/mol. The van der Waals surface area contributed by atoms with Crippen LogP contribution in [-0.4, -0.2) is 53.3 Å². The lowest BCUT2D eigenvalue weighted by atomic mass is 9.97. The van der Waals surface area contributed by atoms with Gasteiger partial charge in [-0.2, -0.15) is 5.10 Å². The van der Waals surface area contributed by atoms with Crippen molar-refractivity contribution in [2.24, 2.45) is 5.92 Å². The summed E-state index contributed by atoms with van der Waals surface area (Å²) in [4.78, 5) is 8.94. The highest BCUT2D eigenvalue weighted by Crippen LogP contribution is 2.42. The molecule has 174 valence electrons. The first-order valence-corrected chi connectivity index (χ1v) is 11.5. The van der Waals surface area contributed by atoms with Crippen molar-refractivity contribution in [1.82, 2.24) is 14.8 Å². The number of aliphatic hydroxyl groups excluding tert-OH is 1. The minimum absolute atomic E-state index is 0.249. The average Bonchev–Trinajstić information content (AvgIpc) is 3.48. The number of hydrogen-bond acceptors (Lipinski definition) is 7. The molecule has 1 fully saturated rings. The Labute approximate surface area is 194 Å². The summed E-state index contributed by atoms with van der Waals surface area (Å²) in [7, 11) is 1.70. The molecule has 8 nitrogen and oxygen atoms in total. The molecule has 1 aromatic carbocycles. The number of benzene rings is 1. The van der Waals surface area contributed by atoms with Crippen molar-refractivity contribution in [3.05, 3.63) is 60.4 Å². The van der Waals surface area contributed by atoms with Crippen LogP contribution < -0.4 is 9.80 Å². The Hall–Kier alpha value is -3.10. The molecule has 0 amide bonds. The van der Waals surface area contributed by atoms with E-state index >= 15 is 0 Å². The summed E-state index contributed by atoms with van der Waals surface area (Å²) < 4.78 is 13.2. The Balaban J connectivity index is 1.55. The lowest BCUT2D eigenvalue weighted by Gasteiger charge is -2.36. The van der Waals surface area contributed by atoms with Gasteiger partial charge in [0.15, 0.2) is 0 Å². The first kappa shape index (κ1) is 21.7. The van der Waals surface area contributed by atoms with Crippen molar-refractivity contribution in [3.8, 4) is 0 Å². The first-order chi connectivity index (χ1) is 16.2. The van der Waals surface area contributed by atoms with E-state index in [-0.39, 0.29) is 12.8 Å². The molecule has 0 radical (unpaired) electrons. The molecule has 1 unspecified atom stereocenters. The van der Waals surface area contributed by atoms with E-state index in [4.69, 9.17) is 14.6 Å². The van der Waals surface area contributed by atoms with Gasteiger partial charge < -0.3 is 24.4 Å². The van der Waals surface area contributed by atoms with Crippen LogP contribution in [0.2, 0.25) is 0 Å². The smallest absolute Gasteiger partial charge is 0.202 e. The predicted molar refractivity (Wildman–Crippen MR) is 128 cm³/mol. The van der Waals surface area contributed by atoms with Gasteiger partial charge in [0.05, 0.1) is 30.0 Å². The Morgan fingerprint density at radius 1 is 1.18 bits per heavy atom. The number of hydrogen-bond donors (Lipinski definition) is 1. The number of anilines is 2. The van der Waals surface area contributed by atoms with E-state index in [1.807, 2.05) is 30.1 Å². The van der Waals surface area contributed by atoms with Gasteiger partial charge in [-0.15, -0.1) is 0 Å². The van der Waals surface area contributed by atoms with Gasteiger partial charge in [-0.25, -0.2) is 0 Å². The summed E-state index contributed by atoms with van der Waals surface area (Å²) in [6.45, 7) is 5.40. The Morgan fingerprint density at radius 3 is 2.79 bits per heavy atom. The van der Waals surface area contributed by atoms with Gasteiger partial charge in [-0.1, -0.05) is 0 Å². The largest absolute Gasteiger partial charge is 0.472 e. The second-order valence-corrected chi connectivity index (χ2v) is 8.81. The summed E-state index contributed by atoms with van der Waals surface area (Å²) >= 11 is 0. The molecule has 5 rings (SSSR count). The molecule has 0 aliphatic carbocycles. The maximum atomic E-state index is 9.59. The molecule has 3 aromatic rings. The maximum absolute atomic E-state index is 9.59. The van der Waals surface area contributed by atoms with Gasteiger partial charge >= 0.3 is 0 Å². The second kappa shape index (κ2) is 9.41. The molecule has 0 spiro atoms. The van der Waals surface area contributed by atoms with E-state index in [0.717, 1.165) is 59.5 Å². The molecule has 0 saturated carbocycles. The third kappa shape index (κ3) is 4.41. The van der Waals surface area contributed by atoms with Crippen LogP contribution in [0.3, 0.4) is 0 Å². The van der Waals surface area contributed by atoms with Crippen LogP contribution in [-0.2, 0) is 16.0 Å². The maximum Gasteiger partial charge on any atom is 0.202 e. The number of nitrogens with zero attached hydrogens (tertiary/aromatic N) is 5. The van der Waals surface area contributed by atoms with Crippen LogP contribution in [0.1, 0.15) is 30.3 Å². The monoisotopic (exact) mass is 449 g/mol. The molecular weight excluding hydrogens is 418 g/mol. The summed E-state index contributed by atoms with van der Waals surface area (Å²) in [6, 6.07) is 8.47. The Bertz CT molecular complexity index is 1140. The third-order valence-corrected chi connectivity index (χ3v) is 6.55. The lowest BCUT2D eigenvalue weighted by molar-refractivity contribution is 0.174. The van der Waals surface area contributed by atoms with Gasteiger partial charge in [0.25, 0.3) is 0 Å². The SMILES string of the molecule is COCCn1cc2cc(N3C=COC3c3ccnc(C)c3)c(N3CCC(CO)CC3)cc2n1. The molecule has 2 aromatic heterocycles. The van der Waals surface area contributed by atoms with Crippen LogP contribution in [0, 0.1) is 12.8 Å². The van der Waals surface area contributed by atoms with Gasteiger partial charge in [0, 0.05) is 62.0 Å². The van der Waals surface area contributed by atoms with E-state index in [1.54, 1.807) is 13.4 Å². The third-order valence-electron chi connectivity index (χ3n) is 6.55. The zero-order chi connectivity index (χ0) is 22.8. The van der Waals surface area contributed by atoms with E-state index < -0.39 is 0 Å². The molecule has 1 N–H and O–H groups in total. The summed E-state index contributed by atoms with van der Waals surface area (Å²) in [5.41, 5.74) is 5.22. The fourth-order valence-electron chi connectivity index (χ4n) is 4.70. The highest BCUT2D eigenvalue weighted by Gasteiger charge is 2.29. The van der Waals surface area contributed by atoms with Crippen LogP contribution in [0.4, 0.5) is 11.4 Å². The molecule has 4 heterocycles. The van der Waals surface area contributed by atoms with E-state index in [2.05, 4.69) is 39.2 Å². The van der Waals surface area contributed by atoms with Gasteiger partial charge in [0.2, 0.25) is 6.23 Å². The van der Waals surface area contributed by atoms with E-state index in [0.29, 0.717) is 19.1 Å². The topological polar surface area (TPSA) is 75.9 Å². The van der Waals surface area contributed by atoms with Crippen LogP contribution in [0.5, 0.6) is 0 Å². The van der Waals surface area contributed by atoms with Gasteiger partial charge in [0.1, 0.15) is 6.26 Å². The highest BCUT2D eigenvalue weighted by molar-refractivity contribution is 5.91. The number of aliphatic hydroxyl groups is 1. The fraction of sp³-hybridized carbons (Fsp3) is 0.440. The minimum atomic E-state index is -0.249. The quantitative estimate of drug-likeness (QED) is 0.591. The van der Waals surface area contributed by atoms with E-state index in [1.165, 1.54) is 0 Å². The molecule has 1 saturated heterocycles. The molecular formula is C25H31N5O3. The lowest BCUT2D eigenvalue weighted by Crippen LogP contribution is -2.36. The summed E-state index contributed by atoms with van der Waals surface area (Å²) in [5, 5.41) is 15.5. The Morgan fingerprint density at radius 2 is 2.03 bits per heavy atom. The van der Waals surface area contributed by atoms with Crippen molar-refractivity contribution in [2.45, 2.75) is 32.5 Å². The number of rotatable bonds is 7. The molecule has 33 heavy (non-hydrogen) atoms. The molecule has 1 atom stereocenters. The number of pyridine rings is 1. The number of piperidine rings is 1. The number of fused-ring (bicyclic) bond motifs is 1. The van der Waals surface area contributed by atoms with Crippen molar-refractivity contribution >= 4 is 22.3 Å². The number of ether oxygens (including phenoxy) is 2. The predicted octanol–water partition coefficient (Wildman–Crippen LogP) is 3.60. The minimum Gasteiger partial charge on any atom is -0.472 e. The van der Waals surface area contributed by atoms with Crippen molar-refractivity contribution < 1.29 is 14.6 Å². The van der Waals surface area contributed by atoms with Gasteiger partial charge in [-0.3, -0.25) is 9.67 Å². The van der Waals surface area contributed by atoms with Crippen molar-refractivity contribution in [1.29, 1.82) is 0 Å². The first-order valence-electron chi connectivity index (χ1n) is 11.5. The number of aromatic nitrogens is 3. The normalized spacial score (nSPS) is 18.9. The highest BCUT2D eigenvalue weighted by atomic mass is 16.5. The summed E-state index contributed by atoms with van der Waals surface area (Å²) in [6.07, 6.45) is 9.38.